The van der Waals surface area contributed by atoms with E-state index in [1.54, 1.807) is 24.3 Å². The van der Waals surface area contributed by atoms with Gasteiger partial charge in [0.1, 0.15) is 5.82 Å². The molecule has 3 rings (SSSR count). The molecule has 0 aliphatic carbocycles. The molecule has 0 heterocycles. The normalized spacial score (nSPS) is 10.3. The van der Waals surface area contributed by atoms with Gasteiger partial charge in [0, 0.05) is 23.4 Å². The van der Waals surface area contributed by atoms with E-state index in [2.05, 4.69) is 16.0 Å². The number of halogens is 2. The Balaban J connectivity index is 1.54. The lowest BCUT2D eigenvalue weighted by atomic mass is 10.1. The SMILES string of the molecule is O=C(CCc1ccccc1)NC(=S)Nc1cccc(C(=O)Nc2ccc(F)c(Cl)c2)c1. The largest absolute Gasteiger partial charge is 0.332 e. The summed E-state index contributed by atoms with van der Waals surface area (Å²) in [4.78, 5) is 24.6. The summed E-state index contributed by atoms with van der Waals surface area (Å²) < 4.78 is 13.3. The first-order valence-electron chi connectivity index (χ1n) is 9.42. The maximum atomic E-state index is 13.3. The first-order chi connectivity index (χ1) is 14.9. The first kappa shape index (κ1) is 22.4. The van der Waals surface area contributed by atoms with E-state index in [-0.39, 0.29) is 16.0 Å². The number of hydrogen-bond acceptors (Lipinski definition) is 3. The Hall–Kier alpha value is -3.29. The molecule has 0 bridgehead atoms. The van der Waals surface area contributed by atoms with E-state index >= 15 is 0 Å². The van der Waals surface area contributed by atoms with Crippen LogP contribution in [0.15, 0.2) is 72.8 Å². The fraction of sp³-hybridized carbons (Fsp3) is 0.0870. The van der Waals surface area contributed by atoms with E-state index in [4.69, 9.17) is 23.8 Å². The van der Waals surface area contributed by atoms with Crippen LogP contribution in [0.5, 0.6) is 0 Å². The highest BCUT2D eigenvalue weighted by Gasteiger charge is 2.10. The number of carbonyl (C=O) groups is 2. The summed E-state index contributed by atoms with van der Waals surface area (Å²) in [5.41, 5.74) is 2.33. The fourth-order valence-corrected chi connectivity index (χ4v) is 3.18. The summed E-state index contributed by atoms with van der Waals surface area (Å²) in [5, 5.41) is 8.23. The zero-order valence-electron chi connectivity index (χ0n) is 16.3. The summed E-state index contributed by atoms with van der Waals surface area (Å²) in [7, 11) is 0. The van der Waals surface area contributed by atoms with Crippen LogP contribution >= 0.6 is 23.8 Å². The number of anilines is 2. The average Bonchev–Trinajstić information content (AvgIpc) is 2.75. The third-order valence-electron chi connectivity index (χ3n) is 4.30. The molecule has 0 aromatic heterocycles. The minimum atomic E-state index is -0.565. The van der Waals surface area contributed by atoms with Crippen molar-refractivity contribution in [2.45, 2.75) is 12.8 Å². The van der Waals surface area contributed by atoms with Crippen LogP contribution in [0, 0.1) is 5.82 Å². The summed E-state index contributed by atoms with van der Waals surface area (Å²) in [6.45, 7) is 0. The van der Waals surface area contributed by atoms with Crippen molar-refractivity contribution in [2.24, 2.45) is 0 Å². The Labute approximate surface area is 189 Å². The van der Waals surface area contributed by atoms with Gasteiger partial charge in [-0.15, -0.1) is 0 Å². The summed E-state index contributed by atoms with van der Waals surface area (Å²) in [5.74, 6) is -1.17. The standard InChI is InChI=1S/C23H19ClFN3O2S/c24-19-14-18(10-11-20(19)25)26-22(30)16-7-4-8-17(13-16)27-23(31)28-21(29)12-9-15-5-2-1-3-6-15/h1-8,10-11,13-14H,9,12H2,(H,26,30)(H2,27,28,29,31). The van der Waals surface area contributed by atoms with Gasteiger partial charge in [0.2, 0.25) is 5.91 Å². The first-order valence-corrected chi connectivity index (χ1v) is 10.2. The van der Waals surface area contributed by atoms with Crippen LogP contribution in [-0.4, -0.2) is 16.9 Å². The van der Waals surface area contributed by atoms with E-state index in [1.807, 2.05) is 30.3 Å². The van der Waals surface area contributed by atoms with E-state index < -0.39 is 11.7 Å². The van der Waals surface area contributed by atoms with Crippen molar-refractivity contribution in [3.8, 4) is 0 Å². The van der Waals surface area contributed by atoms with Crippen LogP contribution < -0.4 is 16.0 Å². The highest BCUT2D eigenvalue weighted by Crippen LogP contribution is 2.20. The third-order valence-corrected chi connectivity index (χ3v) is 4.79. The van der Waals surface area contributed by atoms with Crippen LogP contribution in [0.1, 0.15) is 22.3 Å². The Morgan fingerprint density at radius 2 is 1.65 bits per heavy atom. The van der Waals surface area contributed by atoms with Crippen LogP contribution in [0.3, 0.4) is 0 Å². The molecule has 0 unspecified atom stereocenters. The quantitative estimate of drug-likeness (QED) is 0.448. The van der Waals surface area contributed by atoms with Gasteiger partial charge in [-0.1, -0.05) is 48.0 Å². The van der Waals surface area contributed by atoms with Gasteiger partial charge in [-0.25, -0.2) is 4.39 Å². The third kappa shape index (κ3) is 6.87. The molecule has 2 amide bonds. The van der Waals surface area contributed by atoms with E-state index in [0.29, 0.717) is 29.8 Å². The van der Waals surface area contributed by atoms with Gasteiger partial charge in [-0.05, 0) is 60.6 Å². The van der Waals surface area contributed by atoms with Crippen LogP contribution in [-0.2, 0) is 11.2 Å². The Kier molecular flexibility index (Phi) is 7.70. The molecule has 5 nitrogen and oxygen atoms in total. The second-order valence-electron chi connectivity index (χ2n) is 6.65. The number of hydrogen-bond donors (Lipinski definition) is 3. The van der Waals surface area contributed by atoms with Gasteiger partial charge in [0.05, 0.1) is 5.02 Å². The molecule has 0 spiro atoms. The van der Waals surface area contributed by atoms with Gasteiger partial charge < -0.3 is 16.0 Å². The van der Waals surface area contributed by atoms with Crippen LogP contribution in [0.4, 0.5) is 15.8 Å². The van der Waals surface area contributed by atoms with Crippen LogP contribution in [0.25, 0.3) is 0 Å². The smallest absolute Gasteiger partial charge is 0.255 e. The Bertz CT molecular complexity index is 1110. The molecule has 0 saturated heterocycles. The Morgan fingerprint density at radius 1 is 0.903 bits per heavy atom. The second-order valence-corrected chi connectivity index (χ2v) is 7.47. The van der Waals surface area contributed by atoms with E-state index in [0.717, 1.165) is 5.56 Å². The fourth-order valence-electron chi connectivity index (χ4n) is 2.77. The molecule has 0 fully saturated rings. The highest BCUT2D eigenvalue weighted by molar-refractivity contribution is 7.80. The molecule has 158 valence electrons. The van der Waals surface area contributed by atoms with Crippen LogP contribution in [0.2, 0.25) is 5.02 Å². The van der Waals surface area contributed by atoms with Crippen molar-refractivity contribution in [3.63, 3.8) is 0 Å². The lowest BCUT2D eigenvalue weighted by Gasteiger charge is -2.11. The summed E-state index contributed by atoms with van der Waals surface area (Å²) >= 11 is 10.9. The minimum Gasteiger partial charge on any atom is -0.332 e. The van der Waals surface area contributed by atoms with Gasteiger partial charge >= 0.3 is 0 Å². The minimum absolute atomic E-state index is 0.0819. The molecule has 3 aromatic carbocycles. The molecule has 0 aliphatic heterocycles. The highest BCUT2D eigenvalue weighted by atomic mass is 35.5. The molecule has 0 atom stereocenters. The number of carbonyl (C=O) groups excluding carboxylic acids is 2. The average molecular weight is 456 g/mol. The van der Waals surface area contributed by atoms with Crippen molar-refractivity contribution in [3.05, 3.63) is 94.8 Å². The van der Waals surface area contributed by atoms with Gasteiger partial charge in [0.15, 0.2) is 5.11 Å². The second kappa shape index (κ2) is 10.7. The molecule has 0 saturated carbocycles. The van der Waals surface area contributed by atoms with Gasteiger partial charge in [-0.3, -0.25) is 9.59 Å². The predicted molar refractivity (Wildman–Crippen MR) is 125 cm³/mol. The molecule has 31 heavy (non-hydrogen) atoms. The molecule has 0 aliphatic rings. The lowest BCUT2D eigenvalue weighted by Crippen LogP contribution is -2.34. The van der Waals surface area contributed by atoms with Gasteiger partial charge in [0.25, 0.3) is 5.91 Å². The number of amides is 2. The summed E-state index contributed by atoms with van der Waals surface area (Å²) in [6.07, 6.45) is 0.910. The van der Waals surface area contributed by atoms with Crippen molar-refractivity contribution in [1.29, 1.82) is 0 Å². The molecule has 3 aromatic rings. The van der Waals surface area contributed by atoms with Crippen molar-refractivity contribution in [1.82, 2.24) is 5.32 Å². The Morgan fingerprint density at radius 3 is 2.39 bits per heavy atom. The van der Waals surface area contributed by atoms with E-state index in [1.165, 1.54) is 18.2 Å². The van der Waals surface area contributed by atoms with Gasteiger partial charge in [-0.2, -0.15) is 0 Å². The predicted octanol–water partition coefficient (Wildman–Crippen LogP) is 5.18. The van der Waals surface area contributed by atoms with Crippen molar-refractivity contribution < 1.29 is 14.0 Å². The molecule has 0 radical (unpaired) electrons. The topological polar surface area (TPSA) is 70.2 Å². The summed E-state index contributed by atoms with van der Waals surface area (Å²) in [6, 6.07) is 20.2. The maximum absolute atomic E-state index is 13.3. The number of benzene rings is 3. The molecule has 8 heteroatoms. The monoisotopic (exact) mass is 455 g/mol. The zero-order valence-corrected chi connectivity index (χ0v) is 17.9. The number of aryl methyl sites for hydroxylation is 1. The zero-order chi connectivity index (χ0) is 22.2. The molecular weight excluding hydrogens is 437 g/mol. The number of rotatable bonds is 6. The van der Waals surface area contributed by atoms with E-state index in [9.17, 15) is 14.0 Å². The van der Waals surface area contributed by atoms with Crippen molar-refractivity contribution in [2.75, 3.05) is 10.6 Å². The number of thiocarbonyl (C=S) groups is 1. The molecule has 3 N–H and O–H groups in total. The molecular formula is C23H19ClFN3O2S. The maximum Gasteiger partial charge on any atom is 0.255 e. The van der Waals surface area contributed by atoms with Crippen molar-refractivity contribution >= 4 is 52.1 Å². The lowest BCUT2D eigenvalue weighted by molar-refractivity contribution is -0.119. The number of nitrogens with one attached hydrogen (secondary N) is 3.